The van der Waals surface area contributed by atoms with Crippen LogP contribution in [0.4, 0.5) is 10.6 Å². The molecule has 0 unspecified atom stereocenters. The maximum atomic E-state index is 13.1. The number of phenols is 1. The lowest BCUT2D eigenvalue weighted by Crippen LogP contribution is -2.29. The Balaban J connectivity index is 1.19. The Bertz CT molecular complexity index is 1890. The van der Waals surface area contributed by atoms with Gasteiger partial charge in [0, 0.05) is 39.6 Å². The summed E-state index contributed by atoms with van der Waals surface area (Å²) in [5, 5.41) is 29.1. The highest BCUT2D eigenvalue weighted by Gasteiger charge is 2.22. The molecule has 0 aliphatic carbocycles. The summed E-state index contributed by atoms with van der Waals surface area (Å²) in [6.45, 7) is 6.54. The van der Waals surface area contributed by atoms with E-state index in [9.17, 15) is 9.90 Å². The van der Waals surface area contributed by atoms with Crippen molar-refractivity contribution >= 4 is 29.3 Å². The first-order valence-corrected chi connectivity index (χ1v) is 14.7. The third kappa shape index (κ3) is 6.24. The second-order valence-electron chi connectivity index (χ2n) is 11.1. The van der Waals surface area contributed by atoms with Crippen LogP contribution in [0.3, 0.4) is 0 Å². The maximum Gasteiger partial charge on any atom is 0.320 e. The van der Waals surface area contributed by atoms with Crippen LogP contribution in [0.5, 0.6) is 5.75 Å². The summed E-state index contributed by atoms with van der Waals surface area (Å²) in [5.74, 6) is 1.48. The zero-order valence-electron chi connectivity index (χ0n) is 24.0. The van der Waals surface area contributed by atoms with E-state index in [1.54, 1.807) is 40.7 Å². The number of nitrogens with zero attached hydrogens (tertiary/aromatic N) is 5. The summed E-state index contributed by atoms with van der Waals surface area (Å²) in [5.41, 5.74) is 4.09. The number of carbonyl (C=O) groups excluding carboxylic acids is 1. The van der Waals surface area contributed by atoms with Gasteiger partial charge in [0.25, 0.3) is 0 Å². The molecule has 43 heavy (non-hydrogen) atoms. The summed E-state index contributed by atoms with van der Waals surface area (Å²) >= 11 is 1.62. The highest BCUT2D eigenvalue weighted by Crippen LogP contribution is 2.32. The molecule has 9 nitrogen and oxygen atoms in total. The van der Waals surface area contributed by atoms with Crippen molar-refractivity contribution in [3.05, 3.63) is 115 Å². The van der Waals surface area contributed by atoms with Gasteiger partial charge in [-0.3, -0.25) is 9.72 Å². The van der Waals surface area contributed by atoms with Gasteiger partial charge >= 0.3 is 6.03 Å². The molecule has 3 N–H and O–H groups in total. The van der Waals surface area contributed by atoms with Crippen molar-refractivity contribution in [1.82, 2.24) is 29.7 Å². The number of fused-ring (bicyclic) bond motifs is 1. The zero-order chi connectivity index (χ0) is 30.0. The maximum absolute atomic E-state index is 13.1. The van der Waals surface area contributed by atoms with Crippen molar-refractivity contribution in [2.75, 3.05) is 5.32 Å². The first-order valence-electron chi connectivity index (χ1n) is 13.9. The lowest BCUT2D eigenvalue weighted by Gasteiger charge is -2.14. The van der Waals surface area contributed by atoms with Crippen molar-refractivity contribution in [3.8, 4) is 22.8 Å². The van der Waals surface area contributed by atoms with E-state index in [0.717, 1.165) is 43.8 Å². The monoisotopic (exact) mass is 589 g/mol. The van der Waals surface area contributed by atoms with Crippen LogP contribution in [0.15, 0.2) is 113 Å². The molecule has 0 radical (unpaired) electrons. The third-order valence-corrected chi connectivity index (χ3v) is 7.96. The number of rotatable bonds is 7. The molecule has 0 saturated heterocycles. The molecule has 0 spiro atoms. The topological polar surface area (TPSA) is 109 Å². The fraction of sp³-hybridized carbons (Fsp3) is 0.152. The van der Waals surface area contributed by atoms with Gasteiger partial charge in [0.05, 0.1) is 11.4 Å². The van der Waals surface area contributed by atoms with Gasteiger partial charge in [-0.15, -0.1) is 10.2 Å². The van der Waals surface area contributed by atoms with Crippen molar-refractivity contribution in [2.24, 2.45) is 0 Å². The number of anilines is 1. The van der Waals surface area contributed by atoms with Gasteiger partial charge in [-0.05, 0) is 48.0 Å². The van der Waals surface area contributed by atoms with Gasteiger partial charge in [0.15, 0.2) is 11.5 Å². The van der Waals surface area contributed by atoms with Crippen LogP contribution in [0.25, 0.3) is 22.7 Å². The summed E-state index contributed by atoms with van der Waals surface area (Å²) in [7, 11) is 0. The highest BCUT2D eigenvalue weighted by atomic mass is 32.2. The van der Waals surface area contributed by atoms with Gasteiger partial charge in [-0.25, -0.2) is 9.48 Å². The van der Waals surface area contributed by atoms with Crippen molar-refractivity contribution in [1.29, 1.82) is 0 Å². The molecule has 0 aliphatic heterocycles. The van der Waals surface area contributed by atoms with Gasteiger partial charge < -0.3 is 10.4 Å². The van der Waals surface area contributed by atoms with Crippen molar-refractivity contribution < 1.29 is 9.90 Å². The fourth-order valence-electron chi connectivity index (χ4n) is 4.56. The number of urea groups is 1. The minimum absolute atomic E-state index is 0.161. The molecule has 6 aromatic rings. The molecule has 3 aromatic carbocycles. The van der Waals surface area contributed by atoms with Gasteiger partial charge in [-0.2, -0.15) is 5.10 Å². The minimum atomic E-state index is -0.349. The van der Waals surface area contributed by atoms with E-state index >= 15 is 0 Å². The van der Waals surface area contributed by atoms with Crippen LogP contribution < -0.4 is 10.6 Å². The zero-order valence-corrected chi connectivity index (χ0v) is 24.8. The largest absolute Gasteiger partial charge is 0.508 e. The molecule has 3 heterocycles. The number of hydrogen-bond acceptors (Lipinski definition) is 6. The predicted octanol–water partition coefficient (Wildman–Crippen LogP) is 7.06. The first kappa shape index (κ1) is 28.0. The molecular weight excluding hydrogens is 558 g/mol. The predicted molar refractivity (Wildman–Crippen MR) is 169 cm³/mol. The van der Waals surface area contributed by atoms with Crippen LogP contribution in [0.2, 0.25) is 0 Å². The van der Waals surface area contributed by atoms with E-state index in [1.807, 2.05) is 83.4 Å². The molecule has 0 aliphatic rings. The number of amides is 2. The molecule has 0 bridgehead atoms. The molecule has 3 aromatic heterocycles. The smallest absolute Gasteiger partial charge is 0.320 e. The van der Waals surface area contributed by atoms with Crippen LogP contribution in [-0.2, 0) is 12.0 Å². The van der Waals surface area contributed by atoms with Crippen LogP contribution in [0, 0.1) is 0 Å². The quantitative estimate of drug-likeness (QED) is 0.184. The first-order chi connectivity index (χ1) is 20.7. The Labute approximate surface area is 253 Å². The number of phenolic OH excluding ortho intramolecular Hbond substituents is 1. The third-order valence-electron chi connectivity index (χ3n) is 6.86. The standard InChI is InChI=1S/C33H31N7O2S/c1-33(2,3)28-19-30(40(38-28)24-13-15-25(41)16-14-24)35-32(42)34-20-23-11-7-8-12-27(23)43-26-17-18-29-36-37-31(39(29)21-26)22-9-5-4-6-10-22/h4-19,21,41H,20H2,1-3H3,(H2,34,35,42). The Hall–Kier alpha value is -5.09. The number of nitrogens with one attached hydrogen (secondary N) is 2. The second-order valence-corrected chi connectivity index (χ2v) is 12.2. The number of pyridine rings is 1. The van der Waals surface area contributed by atoms with Crippen LogP contribution in [0.1, 0.15) is 32.0 Å². The molecule has 10 heteroatoms. The number of carbonyl (C=O) groups is 1. The number of benzene rings is 3. The Kier molecular flexibility index (Phi) is 7.60. The molecule has 0 saturated carbocycles. The van der Waals surface area contributed by atoms with E-state index in [4.69, 9.17) is 5.10 Å². The SMILES string of the molecule is CC(C)(C)c1cc(NC(=O)NCc2ccccc2Sc2ccc3nnc(-c4ccccc4)n3c2)n(-c2ccc(O)cc2)n1. The van der Waals surface area contributed by atoms with Crippen LogP contribution in [-0.4, -0.2) is 35.5 Å². The Morgan fingerprint density at radius 3 is 2.42 bits per heavy atom. The fourth-order valence-corrected chi connectivity index (χ4v) is 5.52. The molecule has 2 amide bonds. The molecule has 0 fully saturated rings. The summed E-state index contributed by atoms with van der Waals surface area (Å²) in [4.78, 5) is 15.2. The van der Waals surface area contributed by atoms with Crippen LogP contribution >= 0.6 is 11.8 Å². The average Bonchev–Trinajstić information content (AvgIpc) is 3.62. The number of aromatic hydroxyl groups is 1. The lowest BCUT2D eigenvalue weighted by atomic mass is 9.92. The van der Waals surface area contributed by atoms with Crippen molar-refractivity contribution in [3.63, 3.8) is 0 Å². The van der Waals surface area contributed by atoms with Gasteiger partial charge in [0.1, 0.15) is 11.6 Å². The number of aromatic nitrogens is 5. The van der Waals surface area contributed by atoms with Gasteiger partial charge in [0.2, 0.25) is 0 Å². The van der Waals surface area contributed by atoms with Crippen molar-refractivity contribution in [2.45, 2.75) is 42.5 Å². The van der Waals surface area contributed by atoms with E-state index in [-0.39, 0.29) is 17.2 Å². The van der Waals surface area contributed by atoms with Gasteiger partial charge in [-0.1, -0.05) is 81.1 Å². The average molecular weight is 590 g/mol. The molecule has 216 valence electrons. The molecule has 0 atom stereocenters. The number of hydrogen-bond donors (Lipinski definition) is 3. The van der Waals surface area contributed by atoms with E-state index in [1.165, 1.54) is 0 Å². The highest BCUT2D eigenvalue weighted by molar-refractivity contribution is 7.99. The summed E-state index contributed by atoms with van der Waals surface area (Å²) < 4.78 is 3.67. The normalized spacial score (nSPS) is 11.5. The van der Waals surface area contributed by atoms with E-state index in [0.29, 0.717) is 12.4 Å². The summed E-state index contributed by atoms with van der Waals surface area (Å²) in [6, 6.07) is 30.2. The Morgan fingerprint density at radius 2 is 1.65 bits per heavy atom. The molecular formula is C33H31N7O2S. The van der Waals surface area contributed by atoms with E-state index < -0.39 is 0 Å². The van der Waals surface area contributed by atoms with E-state index in [2.05, 4.69) is 41.6 Å². The Morgan fingerprint density at radius 1 is 0.907 bits per heavy atom. The lowest BCUT2D eigenvalue weighted by molar-refractivity contribution is 0.251. The second kappa shape index (κ2) is 11.7. The summed E-state index contributed by atoms with van der Waals surface area (Å²) in [6.07, 6.45) is 2.04. The molecule has 6 rings (SSSR count). The minimum Gasteiger partial charge on any atom is -0.508 e.